The Morgan fingerprint density at radius 1 is 1.39 bits per heavy atom. The lowest BCUT2D eigenvalue weighted by Gasteiger charge is -2.07. The fourth-order valence-corrected chi connectivity index (χ4v) is 2.34. The maximum Gasteiger partial charge on any atom is 0.163 e. The number of aromatic nitrogens is 4. The Bertz CT molecular complexity index is 572. The Morgan fingerprint density at radius 3 is 2.83 bits per heavy atom. The van der Waals surface area contributed by atoms with E-state index in [1.807, 2.05) is 4.68 Å². The second-order valence-electron chi connectivity index (χ2n) is 5.54. The van der Waals surface area contributed by atoms with Gasteiger partial charge in [0.15, 0.2) is 5.65 Å². The summed E-state index contributed by atoms with van der Waals surface area (Å²) in [6.45, 7) is 5.20. The standard InChI is InChI=1S/C13H17ClN4/c1-8(2)7-18-13-10(6-15-18)12(14)16-11(17-13)5-9-3-4-9/h6,8-9H,3-5,7H2,1-2H3. The summed E-state index contributed by atoms with van der Waals surface area (Å²) >= 11 is 6.21. The van der Waals surface area contributed by atoms with Gasteiger partial charge in [-0.25, -0.2) is 14.6 Å². The predicted octanol–water partition coefficient (Wildman–Crippen LogP) is 3.09. The number of nitrogens with zero attached hydrogens (tertiary/aromatic N) is 4. The number of halogens is 1. The van der Waals surface area contributed by atoms with Crippen LogP contribution in [0.4, 0.5) is 0 Å². The van der Waals surface area contributed by atoms with Crippen LogP contribution in [-0.2, 0) is 13.0 Å². The van der Waals surface area contributed by atoms with Crippen LogP contribution in [0.3, 0.4) is 0 Å². The summed E-state index contributed by atoms with van der Waals surface area (Å²) in [5, 5.41) is 5.75. The first kappa shape index (κ1) is 11.9. The second-order valence-corrected chi connectivity index (χ2v) is 5.89. The van der Waals surface area contributed by atoms with Gasteiger partial charge in [0.25, 0.3) is 0 Å². The molecule has 18 heavy (non-hydrogen) atoms. The first-order valence-electron chi connectivity index (χ1n) is 6.51. The molecule has 0 bridgehead atoms. The number of rotatable bonds is 4. The molecule has 0 aromatic carbocycles. The zero-order valence-electron chi connectivity index (χ0n) is 10.7. The molecule has 2 aromatic heterocycles. The fourth-order valence-electron chi connectivity index (χ4n) is 2.11. The van der Waals surface area contributed by atoms with Crippen molar-refractivity contribution < 1.29 is 0 Å². The molecule has 0 aliphatic heterocycles. The van der Waals surface area contributed by atoms with Crippen LogP contribution in [0.1, 0.15) is 32.5 Å². The highest BCUT2D eigenvalue weighted by Gasteiger charge is 2.24. The lowest BCUT2D eigenvalue weighted by molar-refractivity contribution is 0.492. The predicted molar refractivity (Wildman–Crippen MR) is 71.6 cm³/mol. The summed E-state index contributed by atoms with van der Waals surface area (Å²) in [6.07, 6.45) is 5.30. The molecule has 96 valence electrons. The number of hydrogen-bond acceptors (Lipinski definition) is 3. The van der Waals surface area contributed by atoms with Crippen molar-refractivity contribution in [2.24, 2.45) is 11.8 Å². The van der Waals surface area contributed by atoms with E-state index in [2.05, 4.69) is 28.9 Å². The Kier molecular flexibility index (Phi) is 2.98. The molecule has 1 aliphatic rings. The molecular weight excluding hydrogens is 248 g/mol. The van der Waals surface area contributed by atoms with Gasteiger partial charge in [0.2, 0.25) is 0 Å². The van der Waals surface area contributed by atoms with Crippen LogP contribution in [0.25, 0.3) is 11.0 Å². The third kappa shape index (κ3) is 2.34. The lowest BCUT2D eigenvalue weighted by Crippen LogP contribution is -2.08. The van der Waals surface area contributed by atoms with Crippen LogP contribution >= 0.6 is 11.6 Å². The number of hydrogen-bond donors (Lipinski definition) is 0. The highest BCUT2D eigenvalue weighted by atomic mass is 35.5. The highest BCUT2D eigenvalue weighted by molar-refractivity contribution is 6.33. The summed E-state index contributed by atoms with van der Waals surface area (Å²) in [5.41, 5.74) is 0.874. The summed E-state index contributed by atoms with van der Waals surface area (Å²) in [5.74, 6) is 2.16. The minimum Gasteiger partial charge on any atom is -0.247 e. The lowest BCUT2D eigenvalue weighted by atomic mass is 10.2. The van der Waals surface area contributed by atoms with Crippen LogP contribution in [0, 0.1) is 11.8 Å². The fraction of sp³-hybridized carbons (Fsp3) is 0.615. The third-order valence-electron chi connectivity index (χ3n) is 3.20. The van der Waals surface area contributed by atoms with Crippen molar-refractivity contribution in [3.8, 4) is 0 Å². The van der Waals surface area contributed by atoms with Gasteiger partial charge in [0.1, 0.15) is 11.0 Å². The van der Waals surface area contributed by atoms with Gasteiger partial charge in [0.05, 0.1) is 11.6 Å². The largest absolute Gasteiger partial charge is 0.247 e. The molecule has 4 nitrogen and oxygen atoms in total. The van der Waals surface area contributed by atoms with Crippen LogP contribution in [-0.4, -0.2) is 19.7 Å². The molecule has 0 N–H and O–H groups in total. The summed E-state index contributed by atoms with van der Waals surface area (Å²) in [4.78, 5) is 9.01. The smallest absolute Gasteiger partial charge is 0.163 e. The van der Waals surface area contributed by atoms with Crippen LogP contribution < -0.4 is 0 Å². The van der Waals surface area contributed by atoms with E-state index < -0.39 is 0 Å². The summed E-state index contributed by atoms with van der Waals surface area (Å²) in [7, 11) is 0. The molecule has 0 radical (unpaired) electrons. The average molecular weight is 265 g/mol. The summed E-state index contributed by atoms with van der Waals surface area (Å²) < 4.78 is 1.93. The van der Waals surface area contributed by atoms with E-state index in [1.165, 1.54) is 12.8 Å². The van der Waals surface area contributed by atoms with Gasteiger partial charge in [-0.1, -0.05) is 25.4 Å². The molecule has 0 spiro atoms. The highest BCUT2D eigenvalue weighted by Crippen LogP contribution is 2.32. The molecule has 2 aromatic rings. The van der Waals surface area contributed by atoms with E-state index in [9.17, 15) is 0 Å². The van der Waals surface area contributed by atoms with E-state index in [1.54, 1.807) is 6.20 Å². The van der Waals surface area contributed by atoms with E-state index in [-0.39, 0.29) is 0 Å². The van der Waals surface area contributed by atoms with Gasteiger partial charge in [-0.15, -0.1) is 0 Å². The summed E-state index contributed by atoms with van der Waals surface area (Å²) in [6, 6.07) is 0. The molecule has 0 saturated heterocycles. The van der Waals surface area contributed by atoms with Gasteiger partial charge in [-0.3, -0.25) is 0 Å². The molecule has 3 rings (SSSR count). The minimum absolute atomic E-state index is 0.533. The number of fused-ring (bicyclic) bond motifs is 1. The third-order valence-corrected chi connectivity index (χ3v) is 3.49. The van der Waals surface area contributed by atoms with Gasteiger partial charge < -0.3 is 0 Å². The Labute approximate surface area is 111 Å². The monoisotopic (exact) mass is 264 g/mol. The van der Waals surface area contributed by atoms with Crippen molar-refractivity contribution in [2.75, 3.05) is 0 Å². The normalized spacial score (nSPS) is 15.8. The molecule has 1 fully saturated rings. The van der Waals surface area contributed by atoms with Crippen LogP contribution in [0.15, 0.2) is 6.20 Å². The van der Waals surface area contributed by atoms with Crippen LogP contribution in [0.2, 0.25) is 5.15 Å². The zero-order valence-corrected chi connectivity index (χ0v) is 11.5. The molecule has 0 atom stereocenters. The van der Waals surface area contributed by atoms with Crippen molar-refractivity contribution in [1.82, 2.24) is 19.7 Å². The van der Waals surface area contributed by atoms with Crippen molar-refractivity contribution >= 4 is 22.6 Å². The second kappa shape index (κ2) is 4.50. The average Bonchev–Trinajstić information content (AvgIpc) is 3.01. The van der Waals surface area contributed by atoms with E-state index in [4.69, 9.17) is 11.6 Å². The van der Waals surface area contributed by atoms with Gasteiger partial charge >= 0.3 is 0 Å². The maximum absolute atomic E-state index is 6.21. The molecule has 1 aliphatic carbocycles. The zero-order chi connectivity index (χ0) is 12.7. The van der Waals surface area contributed by atoms with Crippen molar-refractivity contribution in [2.45, 2.75) is 39.7 Å². The van der Waals surface area contributed by atoms with Crippen molar-refractivity contribution in [1.29, 1.82) is 0 Å². The van der Waals surface area contributed by atoms with Crippen molar-refractivity contribution in [3.63, 3.8) is 0 Å². The molecule has 0 amide bonds. The molecule has 5 heteroatoms. The van der Waals surface area contributed by atoms with Crippen molar-refractivity contribution in [3.05, 3.63) is 17.2 Å². The van der Waals surface area contributed by atoms with E-state index >= 15 is 0 Å². The van der Waals surface area contributed by atoms with Gasteiger partial charge in [-0.05, 0) is 24.7 Å². The first-order chi connectivity index (χ1) is 8.63. The molecular formula is C13H17ClN4. The molecule has 2 heterocycles. The topological polar surface area (TPSA) is 43.6 Å². The molecule has 0 unspecified atom stereocenters. The Morgan fingerprint density at radius 2 is 2.17 bits per heavy atom. The quantitative estimate of drug-likeness (QED) is 0.797. The van der Waals surface area contributed by atoms with Gasteiger partial charge in [0, 0.05) is 13.0 Å². The SMILES string of the molecule is CC(C)Cn1ncc2c(Cl)nc(CC3CC3)nc21. The Balaban J connectivity index is 2.01. The maximum atomic E-state index is 6.21. The van der Waals surface area contributed by atoms with E-state index in [0.29, 0.717) is 11.1 Å². The van der Waals surface area contributed by atoms with Gasteiger partial charge in [-0.2, -0.15) is 5.10 Å². The minimum atomic E-state index is 0.533. The van der Waals surface area contributed by atoms with E-state index in [0.717, 1.165) is 35.7 Å². The molecule has 1 saturated carbocycles. The Hall–Kier alpha value is -1.16. The first-order valence-corrected chi connectivity index (χ1v) is 6.89. The van der Waals surface area contributed by atoms with Crippen LogP contribution in [0.5, 0.6) is 0 Å².